The van der Waals surface area contributed by atoms with Crippen molar-refractivity contribution >= 4 is 5.96 Å². The fourth-order valence-electron chi connectivity index (χ4n) is 2.47. The number of benzene rings is 2. The molecule has 1 heterocycles. The van der Waals surface area contributed by atoms with Gasteiger partial charge in [-0.25, -0.2) is 9.38 Å². The Kier molecular flexibility index (Phi) is 3.69. The second-order valence-corrected chi connectivity index (χ2v) is 5.25. The number of halogens is 4. The monoisotopic (exact) mass is 339 g/mol. The van der Waals surface area contributed by atoms with Crippen molar-refractivity contribution in [2.45, 2.75) is 12.0 Å². The Labute approximate surface area is 134 Å². The van der Waals surface area contributed by atoms with Crippen LogP contribution >= 0.6 is 0 Å². The van der Waals surface area contributed by atoms with Gasteiger partial charge < -0.3 is 5.73 Å². The maximum Gasteiger partial charge on any atom is 0.417 e. The largest absolute Gasteiger partial charge is 0.417 e. The molecule has 1 aliphatic heterocycles. The molecule has 126 valence electrons. The first-order valence-electron chi connectivity index (χ1n) is 6.85. The Morgan fingerprint density at radius 2 is 1.75 bits per heavy atom. The molecule has 0 amide bonds. The Balaban J connectivity index is 2.18. The maximum absolute atomic E-state index is 13.9. The van der Waals surface area contributed by atoms with Crippen molar-refractivity contribution in [2.75, 3.05) is 0 Å². The van der Waals surface area contributed by atoms with E-state index in [4.69, 9.17) is 11.5 Å². The van der Waals surface area contributed by atoms with Gasteiger partial charge in [-0.2, -0.15) is 18.6 Å². The summed E-state index contributed by atoms with van der Waals surface area (Å²) in [5.74, 6) is -2.44. The van der Waals surface area contributed by atoms with Crippen LogP contribution in [0.3, 0.4) is 0 Å². The zero-order chi connectivity index (χ0) is 17.5. The van der Waals surface area contributed by atoms with Gasteiger partial charge in [-0.3, -0.25) is 11.2 Å². The molecule has 0 saturated heterocycles. The predicted molar refractivity (Wildman–Crippen MR) is 80.6 cm³/mol. The number of guanidine groups is 1. The van der Waals surface area contributed by atoms with Crippen LogP contribution in [0.2, 0.25) is 0 Å². The molecule has 1 atom stereocenters. The SMILES string of the molecule is NC1=NC(N)(c2ccc(-c3ccccc3F)c(C(F)(F)F)c2)NN1. The number of hydrogen-bond donors (Lipinski definition) is 4. The summed E-state index contributed by atoms with van der Waals surface area (Å²) >= 11 is 0. The Morgan fingerprint density at radius 1 is 1.04 bits per heavy atom. The van der Waals surface area contributed by atoms with E-state index < -0.39 is 23.3 Å². The molecule has 0 bridgehead atoms. The standard InChI is InChI=1S/C15H13F4N5/c16-12-4-2-1-3-10(12)9-6-5-8(7-11(9)14(17,18)19)15(21)22-13(20)23-24-15/h1-7,24H,21H2,(H3,20,22,23). The summed E-state index contributed by atoms with van der Waals surface area (Å²) in [6.07, 6.45) is -4.70. The van der Waals surface area contributed by atoms with Gasteiger partial charge in [-0.15, -0.1) is 0 Å². The summed E-state index contributed by atoms with van der Waals surface area (Å²) in [7, 11) is 0. The van der Waals surface area contributed by atoms with Crippen LogP contribution < -0.4 is 22.3 Å². The van der Waals surface area contributed by atoms with Crippen molar-refractivity contribution in [3.8, 4) is 11.1 Å². The van der Waals surface area contributed by atoms with Crippen LogP contribution in [-0.4, -0.2) is 5.96 Å². The lowest BCUT2D eigenvalue weighted by Crippen LogP contribution is -2.50. The molecule has 0 saturated carbocycles. The number of nitrogens with zero attached hydrogens (tertiary/aromatic N) is 1. The minimum absolute atomic E-state index is 0.0304. The normalized spacial score (nSPS) is 20.6. The molecule has 2 aromatic carbocycles. The molecule has 0 aliphatic carbocycles. The van der Waals surface area contributed by atoms with E-state index in [-0.39, 0.29) is 22.6 Å². The zero-order valence-corrected chi connectivity index (χ0v) is 12.2. The lowest BCUT2D eigenvalue weighted by Gasteiger charge is -2.23. The van der Waals surface area contributed by atoms with Crippen molar-refractivity contribution < 1.29 is 17.6 Å². The number of rotatable bonds is 2. The van der Waals surface area contributed by atoms with Gasteiger partial charge >= 0.3 is 6.18 Å². The number of hydrogen-bond acceptors (Lipinski definition) is 5. The van der Waals surface area contributed by atoms with E-state index in [1.807, 2.05) is 0 Å². The van der Waals surface area contributed by atoms with Gasteiger partial charge in [0, 0.05) is 11.1 Å². The number of aliphatic imine (C=N–C) groups is 1. The molecule has 0 aromatic heterocycles. The molecule has 9 heteroatoms. The van der Waals surface area contributed by atoms with Crippen molar-refractivity contribution in [1.29, 1.82) is 0 Å². The third-order valence-electron chi connectivity index (χ3n) is 3.61. The fourth-order valence-corrected chi connectivity index (χ4v) is 2.47. The predicted octanol–water partition coefficient (Wildman–Crippen LogP) is 2.00. The molecule has 24 heavy (non-hydrogen) atoms. The average Bonchev–Trinajstić information content (AvgIpc) is 2.87. The molecule has 2 aromatic rings. The molecule has 3 rings (SSSR count). The molecule has 0 spiro atoms. The van der Waals surface area contributed by atoms with Gasteiger partial charge in [0.05, 0.1) is 5.56 Å². The van der Waals surface area contributed by atoms with Crippen molar-refractivity contribution in [1.82, 2.24) is 10.9 Å². The highest BCUT2D eigenvalue weighted by Crippen LogP contribution is 2.39. The minimum Gasteiger partial charge on any atom is -0.369 e. The highest BCUT2D eigenvalue weighted by molar-refractivity contribution is 5.79. The highest BCUT2D eigenvalue weighted by Gasteiger charge is 2.38. The van der Waals surface area contributed by atoms with Crippen molar-refractivity contribution in [3.63, 3.8) is 0 Å². The lowest BCUT2D eigenvalue weighted by atomic mass is 9.95. The second-order valence-electron chi connectivity index (χ2n) is 5.25. The van der Waals surface area contributed by atoms with Gasteiger partial charge in [0.15, 0.2) is 0 Å². The summed E-state index contributed by atoms with van der Waals surface area (Å²) in [5.41, 5.74) is 14.9. The van der Waals surface area contributed by atoms with Crippen LogP contribution in [0, 0.1) is 5.82 Å². The van der Waals surface area contributed by atoms with E-state index in [2.05, 4.69) is 15.8 Å². The third kappa shape index (κ3) is 2.79. The highest BCUT2D eigenvalue weighted by atomic mass is 19.4. The first-order chi connectivity index (χ1) is 11.2. The van der Waals surface area contributed by atoms with E-state index in [9.17, 15) is 17.6 Å². The van der Waals surface area contributed by atoms with Crippen molar-refractivity contribution in [3.05, 3.63) is 59.4 Å². The van der Waals surface area contributed by atoms with Gasteiger partial charge in [0.2, 0.25) is 11.7 Å². The summed E-state index contributed by atoms with van der Waals surface area (Å²) in [6.45, 7) is 0. The maximum atomic E-state index is 13.9. The van der Waals surface area contributed by atoms with Crippen LogP contribution in [0.25, 0.3) is 11.1 Å². The van der Waals surface area contributed by atoms with Crippen LogP contribution in [-0.2, 0) is 12.0 Å². The minimum atomic E-state index is -4.70. The van der Waals surface area contributed by atoms with Crippen LogP contribution in [0.5, 0.6) is 0 Å². The van der Waals surface area contributed by atoms with E-state index >= 15 is 0 Å². The summed E-state index contributed by atoms with van der Waals surface area (Å²) in [6, 6.07) is 8.58. The first kappa shape index (κ1) is 16.2. The molecule has 0 fully saturated rings. The molecular weight excluding hydrogens is 326 g/mol. The molecular formula is C15H13F4N5. The average molecular weight is 339 g/mol. The molecule has 0 radical (unpaired) electrons. The topological polar surface area (TPSA) is 88.5 Å². The van der Waals surface area contributed by atoms with Crippen LogP contribution in [0.15, 0.2) is 47.5 Å². The van der Waals surface area contributed by atoms with Gasteiger partial charge in [0.1, 0.15) is 5.82 Å². The zero-order valence-electron chi connectivity index (χ0n) is 12.2. The van der Waals surface area contributed by atoms with Crippen LogP contribution in [0.1, 0.15) is 11.1 Å². The number of alkyl halides is 3. The lowest BCUT2D eigenvalue weighted by molar-refractivity contribution is -0.137. The van der Waals surface area contributed by atoms with Crippen LogP contribution in [0.4, 0.5) is 17.6 Å². The fraction of sp³-hybridized carbons (Fsp3) is 0.133. The molecule has 6 N–H and O–H groups in total. The summed E-state index contributed by atoms with van der Waals surface area (Å²) in [5, 5.41) is 0. The smallest absolute Gasteiger partial charge is 0.369 e. The third-order valence-corrected chi connectivity index (χ3v) is 3.61. The number of nitrogens with one attached hydrogen (secondary N) is 2. The molecule has 1 unspecified atom stereocenters. The Hall–Kier alpha value is -2.65. The van der Waals surface area contributed by atoms with E-state index in [0.717, 1.165) is 18.2 Å². The molecule has 1 aliphatic rings. The Morgan fingerprint density at radius 3 is 2.33 bits per heavy atom. The quantitative estimate of drug-likeness (QED) is 0.630. The van der Waals surface area contributed by atoms with Gasteiger partial charge in [-0.05, 0) is 17.7 Å². The van der Waals surface area contributed by atoms with Crippen molar-refractivity contribution in [2.24, 2.45) is 16.5 Å². The summed E-state index contributed by atoms with van der Waals surface area (Å²) in [4.78, 5) is 3.84. The summed E-state index contributed by atoms with van der Waals surface area (Å²) < 4.78 is 54.3. The second kappa shape index (κ2) is 5.46. The first-order valence-corrected chi connectivity index (χ1v) is 6.85. The Bertz CT molecular complexity index is 818. The number of hydrazine groups is 1. The van der Waals surface area contributed by atoms with E-state index in [1.54, 1.807) is 0 Å². The van der Waals surface area contributed by atoms with E-state index in [1.165, 1.54) is 24.3 Å². The molecule has 5 nitrogen and oxygen atoms in total. The van der Waals surface area contributed by atoms with Gasteiger partial charge in [-0.1, -0.05) is 30.3 Å². The number of nitrogens with two attached hydrogens (primary N) is 2. The van der Waals surface area contributed by atoms with E-state index in [0.29, 0.717) is 0 Å². The van der Waals surface area contributed by atoms with Gasteiger partial charge in [0.25, 0.3) is 0 Å².